The van der Waals surface area contributed by atoms with Crippen LogP contribution in [0.1, 0.15) is 39.3 Å². The minimum atomic E-state index is -0.516. The molecule has 0 aromatic carbocycles. The molecule has 7 heteroatoms. The van der Waals surface area contributed by atoms with Gasteiger partial charge in [0.15, 0.2) is 0 Å². The molecule has 1 heterocycles. The van der Waals surface area contributed by atoms with E-state index in [1.807, 2.05) is 32.9 Å². The summed E-state index contributed by atoms with van der Waals surface area (Å²) in [6.45, 7) is 6.38. The van der Waals surface area contributed by atoms with Crippen LogP contribution >= 0.6 is 0 Å². The maximum atomic E-state index is 11.6. The number of pyridine rings is 1. The number of amides is 1. The second-order valence-corrected chi connectivity index (χ2v) is 7.02. The standard InChI is InChI=1S/C18H27N5O2/c1-18(2,3)25-17(24)23-10-9-21-14-5-4-8-22-16(14)13(11-19)15(20)12-6-7-12/h4-5,8,11-12,20-21H,6-7,9-10,19H2,1-3H3,(H,23,24)/b13-11+,20-15?. The summed E-state index contributed by atoms with van der Waals surface area (Å²) in [5.74, 6) is 0.290. The molecule has 0 unspecified atom stereocenters. The molecule has 1 aromatic heterocycles. The van der Waals surface area contributed by atoms with E-state index < -0.39 is 11.7 Å². The van der Waals surface area contributed by atoms with Gasteiger partial charge in [0.25, 0.3) is 0 Å². The van der Waals surface area contributed by atoms with Crippen molar-refractivity contribution in [3.8, 4) is 0 Å². The van der Waals surface area contributed by atoms with Crippen molar-refractivity contribution in [1.82, 2.24) is 10.3 Å². The molecule has 0 saturated heterocycles. The number of rotatable bonds is 7. The highest BCUT2D eigenvalue weighted by molar-refractivity contribution is 6.24. The third-order valence-electron chi connectivity index (χ3n) is 3.61. The molecule has 0 atom stereocenters. The largest absolute Gasteiger partial charge is 0.444 e. The predicted molar refractivity (Wildman–Crippen MR) is 99.6 cm³/mol. The van der Waals surface area contributed by atoms with Crippen LogP contribution in [0.2, 0.25) is 0 Å². The first-order valence-electron chi connectivity index (χ1n) is 8.48. The molecular formula is C18H27N5O2. The molecule has 1 aliphatic carbocycles. The summed E-state index contributed by atoms with van der Waals surface area (Å²) in [5, 5.41) is 14.2. The number of anilines is 1. The van der Waals surface area contributed by atoms with Crippen LogP contribution in [-0.2, 0) is 4.74 Å². The molecule has 1 saturated carbocycles. The lowest BCUT2D eigenvalue weighted by Gasteiger charge is -2.20. The fourth-order valence-corrected chi connectivity index (χ4v) is 2.33. The van der Waals surface area contributed by atoms with Crippen molar-refractivity contribution < 1.29 is 9.53 Å². The number of hydrogen-bond acceptors (Lipinski definition) is 6. The molecule has 1 aliphatic rings. The highest BCUT2D eigenvalue weighted by Gasteiger charge is 2.30. The van der Waals surface area contributed by atoms with Gasteiger partial charge in [-0.1, -0.05) is 0 Å². The van der Waals surface area contributed by atoms with E-state index in [0.717, 1.165) is 18.5 Å². The second-order valence-electron chi connectivity index (χ2n) is 7.02. The van der Waals surface area contributed by atoms with E-state index in [1.54, 1.807) is 6.20 Å². The average molecular weight is 345 g/mol. The molecule has 0 bridgehead atoms. The maximum absolute atomic E-state index is 11.6. The summed E-state index contributed by atoms with van der Waals surface area (Å²) >= 11 is 0. The van der Waals surface area contributed by atoms with Crippen LogP contribution < -0.4 is 16.4 Å². The summed E-state index contributed by atoms with van der Waals surface area (Å²) in [6, 6.07) is 3.71. The number of nitrogens with one attached hydrogen (secondary N) is 3. The summed E-state index contributed by atoms with van der Waals surface area (Å²) in [4.78, 5) is 16.0. The van der Waals surface area contributed by atoms with Gasteiger partial charge in [0.2, 0.25) is 0 Å². The Morgan fingerprint density at radius 3 is 2.76 bits per heavy atom. The van der Waals surface area contributed by atoms with Crippen LogP contribution in [0.15, 0.2) is 24.5 Å². The van der Waals surface area contributed by atoms with Crippen molar-refractivity contribution in [1.29, 1.82) is 5.41 Å². The molecule has 0 spiro atoms. The van der Waals surface area contributed by atoms with Gasteiger partial charge >= 0.3 is 6.09 Å². The molecule has 2 rings (SSSR count). The first-order valence-corrected chi connectivity index (χ1v) is 8.48. The number of allylic oxidation sites excluding steroid dienone is 1. The lowest BCUT2D eigenvalue weighted by Crippen LogP contribution is -2.35. The number of aromatic nitrogens is 1. The number of nitrogens with zero attached hydrogens (tertiary/aromatic N) is 1. The van der Waals surface area contributed by atoms with Gasteiger partial charge < -0.3 is 26.5 Å². The number of carbonyl (C=O) groups is 1. The average Bonchev–Trinajstić information content (AvgIpc) is 3.36. The molecule has 0 radical (unpaired) electrons. The predicted octanol–water partition coefficient (Wildman–Crippen LogP) is 2.75. The van der Waals surface area contributed by atoms with E-state index in [-0.39, 0.29) is 0 Å². The first-order chi connectivity index (χ1) is 11.8. The molecule has 0 aliphatic heterocycles. The lowest BCUT2D eigenvalue weighted by atomic mass is 10.0. The van der Waals surface area contributed by atoms with E-state index in [2.05, 4.69) is 15.6 Å². The van der Waals surface area contributed by atoms with Crippen LogP contribution in [-0.4, -0.2) is 35.5 Å². The normalized spacial score (nSPS) is 14.8. The van der Waals surface area contributed by atoms with Gasteiger partial charge in [-0.05, 0) is 45.7 Å². The summed E-state index contributed by atoms with van der Waals surface area (Å²) in [7, 11) is 0. The lowest BCUT2D eigenvalue weighted by molar-refractivity contribution is 0.0530. The van der Waals surface area contributed by atoms with Gasteiger partial charge in [-0.25, -0.2) is 4.79 Å². The van der Waals surface area contributed by atoms with Crippen LogP contribution in [0, 0.1) is 11.3 Å². The van der Waals surface area contributed by atoms with Gasteiger partial charge in [0.05, 0.1) is 11.4 Å². The highest BCUT2D eigenvalue weighted by atomic mass is 16.6. The summed E-state index contributed by atoms with van der Waals surface area (Å²) in [6.07, 6.45) is 4.76. The van der Waals surface area contributed by atoms with E-state index in [9.17, 15) is 4.79 Å². The Morgan fingerprint density at radius 1 is 1.44 bits per heavy atom. The van der Waals surface area contributed by atoms with Crippen molar-refractivity contribution >= 4 is 23.1 Å². The minimum Gasteiger partial charge on any atom is -0.444 e. The van der Waals surface area contributed by atoms with E-state index in [0.29, 0.717) is 36.0 Å². The molecular weight excluding hydrogens is 318 g/mol. The second kappa shape index (κ2) is 8.00. The molecule has 25 heavy (non-hydrogen) atoms. The maximum Gasteiger partial charge on any atom is 0.407 e. The van der Waals surface area contributed by atoms with Crippen molar-refractivity contribution in [3.05, 3.63) is 30.2 Å². The first kappa shape index (κ1) is 18.8. The van der Waals surface area contributed by atoms with Crippen molar-refractivity contribution in [2.75, 3.05) is 18.4 Å². The Hall–Kier alpha value is -2.57. The van der Waals surface area contributed by atoms with Gasteiger partial charge in [-0.15, -0.1) is 0 Å². The molecule has 1 aromatic rings. The number of hydrogen-bond donors (Lipinski definition) is 4. The molecule has 1 fully saturated rings. The Balaban J connectivity index is 1.92. The number of alkyl carbamates (subject to hydrolysis) is 1. The SMILES string of the molecule is CC(C)(C)OC(=O)NCCNc1cccnc1/C(=C/N)C(=N)C1CC1. The Morgan fingerprint density at radius 2 is 2.16 bits per heavy atom. The van der Waals surface area contributed by atoms with Gasteiger partial charge in [-0.3, -0.25) is 4.98 Å². The zero-order valence-electron chi connectivity index (χ0n) is 15.1. The van der Waals surface area contributed by atoms with Gasteiger partial charge in [0, 0.05) is 42.7 Å². The van der Waals surface area contributed by atoms with Crippen LogP contribution in [0.5, 0.6) is 0 Å². The van der Waals surface area contributed by atoms with Crippen molar-refractivity contribution in [2.24, 2.45) is 11.7 Å². The van der Waals surface area contributed by atoms with E-state index >= 15 is 0 Å². The number of nitrogens with two attached hydrogens (primary N) is 1. The molecule has 1 amide bonds. The zero-order chi connectivity index (χ0) is 18.4. The van der Waals surface area contributed by atoms with E-state index in [1.165, 1.54) is 6.20 Å². The van der Waals surface area contributed by atoms with Gasteiger partial charge in [0.1, 0.15) is 5.60 Å². The molecule has 7 nitrogen and oxygen atoms in total. The van der Waals surface area contributed by atoms with Gasteiger partial charge in [-0.2, -0.15) is 0 Å². The van der Waals surface area contributed by atoms with Crippen LogP contribution in [0.3, 0.4) is 0 Å². The fourth-order valence-electron chi connectivity index (χ4n) is 2.33. The Bertz CT molecular complexity index is 660. The van der Waals surface area contributed by atoms with Crippen molar-refractivity contribution in [2.45, 2.75) is 39.2 Å². The van der Waals surface area contributed by atoms with Crippen molar-refractivity contribution in [3.63, 3.8) is 0 Å². The molecule has 136 valence electrons. The fraction of sp³-hybridized carbons (Fsp3) is 0.500. The topological polar surface area (TPSA) is 113 Å². The Labute approximate surface area is 148 Å². The third kappa shape index (κ3) is 5.77. The number of carbonyl (C=O) groups excluding carboxylic acids is 1. The number of ether oxygens (including phenoxy) is 1. The summed E-state index contributed by atoms with van der Waals surface area (Å²) < 4.78 is 5.19. The zero-order valence-corrected chi connectivity index (χ0v) is 15.1. The quantitative estimate of drug-likeness (QED) is 0.448. The highest BCUT2D eigenvalue weighted by Crippen LogP contribution is 2.36. The third-order valence-corrected chi connectivity index (χ3v) is 3.61. The smallest absolute Gasteiger partial charge is 0.407 e. The van der Waals surface area contributed by atoms with Crippen LogP contribution in [0.4, 0.5) is 10.5 Å². The Kier molecular flexibility index (Phi) is 6.01. The van der Waals surface area contributed by atoms with Crippen LogP contribution in [0.25, 0.3) is 5.57 Å². The monoisotopic (exact) mass is 345 g/mol. The molecule has 5 N–H and O–H groups in total. The van der Waals surface area contributed by atoms with E-state index in [4.69, 9.17) is 15.9 Å². The summed E-state index contributed by atoms with van der Waals surface area (Å²) in [5.41, 5.74) is 7.88. The minimum absolute atomic E-state index is 0.290.